The maximum Gasteiger partial charge on any atom is 0.350 e. The highest BCUT2D eigenvalue weighted by atomic mass is 16.5. The molecule has 1 aliphatic heterocycles. The number of methoxy groups -OCH3 is 1. The number of carbonyl (C=O) groups excluding carboxylic acids is 1. The van der Waals surface area contributed by atoms with Crippen LogP contribution in [0.4, 0.5) is 0 Å². The molecule has 0 bridgehead atoms. The summed E-state index contributed by atoms with van der Waals surface area (Å²) in [6, 6.07) is 12.9. The van der Waals surface area contributed by atoms with E-state index < -0.39 is 0 Å². The van der Waals surface area contributed by atoms with Crippen LogP contribution < -0.4 is 10.4 Å². The number of amides is 1. The van der Waals surface area contributed by atoms with Crippen molar-refractivity contribution in [1.29, 1.82) is 0 Å². The van der Waals surface area contributed by atoms with Gasteiger partial charge in [-0.25, -0.2) is 19.0 Å². The number of likely N-dealkylation sites (tertiary alicyclic amines) is 1. The van der Waals surface area contributed by atoms with E-state index in [0.29, 0.717) is 30.4 Å². The fourth-order valence-electron chi connectivity index (χ4n) is 3.75. The van der Waals surface area contributed by atoms with Crippen molar-refractivity contribution in [2.45, 2.75) is 18.8 Å². The number of pyridine rings is 1. The molecule has 0 radical (unpaired) electrons. The van der Waals surface area contributed by atoms with Crippen LogP contribution in [0.25, 0.3) is 5.69 Å². The smallest absolute Gasteiger partial charge is 0.350 e. The molecule has 0 N–H and O–H groups in total. The predicted molar refractivity (Wildman–Crippen MR) is 107 cm³/mol. The van der Waals surface area contributed by atoms with E-state index in [-0.39, 0.29) is 17.5 Å². The van der Waals surface area contributed by atoms with Gasteiger partial charge in [-0.05, 0) is 31.0 Å². The number of carbonyl (C=O) groups is 1. The van der Waals surface area contributed by atoms with E-state index in [1.165, 1.54) is 18.0 Å². The third-order valence-corrected chi connectivity index (χ3v) is 5.23. The van der Waals surface area contributed by atoms with Gasteiger partial charge in [0.2, 0.25) is 5.88 Å². The molecule has 29 heavy (non-hydrogen) atoms. The van der Waals surface area contributed by atoms with Gasteiger partial charge in [0.25, 0.3) is 5.91 Å². The Morgan fingerprint density at radius 2 is 1.97 bits per heavy atom. The molecule has 1 aromatic carbocycles. The Bertz CT molecular complexity index is 1060. The molecule has 1 atom stereocenters. The highest BCUT2D eigenvalue weighted by Gasteiger charge is 2.30. The lowest BCUT2D eigenvalue weighted by Gasteiger charge is -2.32. The number of benzene rings is 1. The lowest BCUT2D eigenvalue weighted by Crippen LogP contribution is -2.40. The molecule has 1 amide bonds. The molecule has 8 heteroatoms. The number of hydrogen-bond acceptors (Lipinski definition) is 5. The Hall–Kier alpha value is -3.42. The average Bonchev–Trinajstić information content (AvgIpc) is 3.08. The standard InChI is InChI=1S/C21H23N5O3/c1-24-21(28)26(17-8-4-3-5-9-17)19(23-24)16-7-6-12-25(14-16)20(27)15-10-11-18(29-2)22-13-15/h3-5,8-11,13,16H,6-7,12,14H2,1-2H3. The van der Waals surface area contributed by atoms with Crippen molar-refractivity contribution in [2.24, 2.45) is 7.05 Å². The maximum absolute atomic E-state index is 13.0. The largest absolute Gasteiger partial charge is 0.481 e. The fraction of sp³-hybridized carbons (Fsp3) is 0.333. The Kier molecular flexibility index (Phi) is 5.16. The first-order valence-electron chi connectivity index (χ1n) is 9.59. The summed E-state index contributed by atoms with van der Waals surface area (Å²) in [6.45, 7) is 1.18. The molecule has 0 spiro atoms. The second-order valence-corrected chi connectivity index (χ2v) is 7.11. The number of aryl methyl sites for hydroxylation is 1. The van der Waals surface area contributed by atoms with E-state index in [4.69, 9.17) is 4.74 Å². The molecule has 3 aromatic rings. The van der Waals surface area contributed by atoms with Gasteiger partial charge < -0.3 is 9.64 Å². The van der Waals surface area contributed by atoms with Crippen LogP contribution >= 0.6 is 0 Å². The van der Waals surface area contributed by atoms with Crippen LogP contribution in [0.5, 0.6) is 5.88 Å². The van der Waals surface area contributed by atoms with Crippen LogP contribution in [-0.4, -0.2) is 50.3 Å². The van der Waals surface area contributed by atoms with E-state index in [9.17, 15) is 9.59 Å². The minimum absolute atomic E-state index is 0.0204. The number of ether oxygens (including phenoxy) is 1. The molecule has 3 heterocycles. The molecule has 0 aliphatic carbocycles. The number of piperidine rings is 1. The normalized spacial score (nSPS) is 16.6. The van der Waals surface area contributed by atoms with E-state index in [1.807, 2.05) is 35.2 Å². The summed E-state index contributed by atoms with van der Waals surface area (Å²) < 4.78 is 8.06. The molecule has 4 rings (SSSR count). The number of hydrogen-bond donors (Lipinski definition) is 0. The summed E-state index contributed by atoms with van der Waals surface area (Å²) >= 11 is 0. The number of rotatable bonds is 4. The van der Waals surface area contributed by atoms with Crippen molar-refractivity contribution < 1.29 is 9.53 Å². The molecule has 2 aromatic heterocycles. The Morgan fingerprint density at radius 1 is 1.17 bits per heavy atom. The Morgan fingerprint density at radius 3 is 2.66 bits per heavy atom. The van der Waals surface area contributed by atoms with Crippen LogP contribution in [0.2, 0.25) is 0 Å². The van der Waals surface area contributed by atoms with Crippen LogP contribution in [-0.2, 0) is 7.05 Å². The van der Waals surface area contributed by atoms with E-state index in [1.54, 1.807) is 23.7 Å². The minimum Gasteiger partial charge on any atom is -0.481 e. The maximum atomic E-state index is 13.0. The number of aromatic nitrogens is 4. The highest BCUT2D eigenvalue weighted by molar-refractivity contribution is 5.94. The van der Waals surface area contributed by atoms with Gasteiger partial charge in [0.15, 0.2) is 0 Å². The molecule has 1 saturated heterocycles. The van der Waals surface area contributed by atoms with Crippen molar-refractivity contribution in [3.8, 4) is 11.6 Å². The SMILES string of the molecule is COc1ccc(C(=O)N2CCCC(c3nn(C)c(=O)n3-c3ccccc3)C2)cn1. The van der Waals surface area contributed by atoms with E-state index in [0.717, 1.165) is 18.5 Å². The highest BCUT2D eigenvalue weighted by Crippen LogP contribution is 2.27. The third kappa shape index (κ3) is 3.65. The van der Waals surface area contributed by atoms with Gasteiger partial charge in [0.05, 0.1) is 18.4 Å². The molecule has 150 valence electrons. The van der Waals surface area contributed by atoms with Crippen LogP contribution in [0, 0.1) is 0 Å². The monoisotopic (exact) mass is 393 g/mol. The first kappa shape index (κ1) is 18.9. The van der Waals surface area contributed by atoms with E-state index in [2.05, 4.69) is 10.1 Å². The van der Waals surface area contributed by atoms with Gasteiger partial charge in [0, 0.05) is 38.3 Å². The van der Waals surface area contributed by atoms with E-state index >= 15 is 0 Å². The van der Waals surface area contributed by atoms with Gasteiger partial charge in [-0.3, -0.25) is 4.79 Å². The van der Waals surface area contributed by atoms with Crippen LogP contribution in [0.1, 0.15) is 34.9 Å². The lowest BCUT2D eigenvalue weighted by atomic mass is 9.96. The fourth-order valence-corrected chi connectivity index (χ4v) is 3.75. The molecule has 1 aliphatic rings. The molecular formula is C21H23N5O3. The van der Waals surface area contributed by atoms with Crippen LogP contribution in [0.3, 0.4) is 0 Å². The third-order valence-electron chi connectivity index (χ3n) is 5.23. The summed E-state index contributed by atoms with van der Waals surface area (Å²) in [5.74, 6) is 1.06. The summed E-state index contributed by atoms with van der Waals surface area (Å²) in [6.07, 6.45) is 3.25. The van der Waals surface area contributed by atoms with Crippen LogP contribution in [0.15, 0.2) is 53.5 Å². The van der Waals surface area contributed by atoms with Crippen molar-refractivity contribution >= 4 is 5.91 Å². The zero-order valence-electron chi connectivity index (χ0n) is 16.5. The first-order valence-corrected chi connectivity index (χ1v) is 9.59. The van der Waals surface area contributed by atoms with Gasteiger partial charge in [-0.15, -0.1) is 0 Å². The molecule has 0 saturated carbocycles. The molecule has 8 nitrogen and oxygen atoms in total. The van der Waals surface area contributed by atoms with Gasteiger partial charge >= 0.3 is 5.69 Å². The predicted octanol–water partition coefficient (Wildman–Crippen LogP) is 1.99. The van der Waals surface area contributed by atoms with Gasteiger partial charge in [-0.1, -0.05) is 18.2 Å². The van der Waals surface area contributed by atoms with Crippen molar-refractivity contribution in [3.05, 3.63) is 70.5 Å². The zero-order valence-corrected chi connectivity index (χ0v) is 16.5. The Labute approximate surface area is 168 Å². The van der Waals surface area contributed by atoms with Crippen molar-refractivity contribution in [3.63, 3.8) is 0 Å². The van der Waals surface area contributed by atoms with Crippen molar-refractivity contribution in [2.75, 3.05) is 20.2 Å². The molecule has 1 unspecified atom stereocenters. The lowest BCUT2D eigenvalue weighted by molar-refractivity contribution is 0.0703. The second-order valence-electron chi connectivity index (χ2n) is 7.11. The molecular weight excluding hydrogens is 370 g/mol. The quantitative estimate of drug-likeness (QED) is 0.677. The minimum atomic E-state index is -0.186. The number of nitrogens with zero attached hydrogens (tertiary/aromatic N) is 5. The Balaban J connectivity index is 1.61. The zero-order chi connectivity index (χ0) is 20.4. The topological polar surface area (TPSA) is 82.3 Å². The number of para-hydroxylation sites is 1. The van der Waals surface area contributed by atoms with Gasteiger partial charge in [0.1, 0.15) is 5.82 Å². The van der Waals surface area contributed by atoms with Crippen molar-refractivity contribution in [1.82, 2.24) is 24.2 Å². The molecule has 1 fully saturated rings. The summed E-state index contributed by atoms with van der Waals surface area (Å²) in [5, 5.41) is 4.50. The van der Waals surface area contributed by atoms with Gasteiger partial charge in [-0.2, -0.15) is 5.10 Å². The first-order chi connectivity index (χ1) is 14.1. The average molecular weight is 393 g/mol. The summed E-state index contributed by atoms with van der Waals surface area (Å²) in [7, 11) is 3.19. The second kappa shape index (κ2) is 7.90. The summed E-state index contributed by atoms with van der Waals surface area (Å²) in [4.78, 5) is 31.6. The summed E-state index contributed by atoms with van der Waals surface area (Å²) in [5.41, 5.74) is 1.12.